The van der Waals surface area contributed by atoms with E-state index in [2.05, 4.69) is 9.97 Å². The molecule has 5 aromatic rings. The van der Waals surface area contributed by atoms with Gasteiger partial charge in [-0.15, -0.1) is 0 Å². The molecule has 3 aromatic heterocycles. The first-order chi connectivity index (χ1) is 20.2. The summed E-state index contributed by atoms with van der Waals surface area (Å²) in [5.41, 5.74) is 4.34. The van der Waals surface area contributed by atoms with Gasteiger partial charge in [-0.1, -0.05) is 53.0 Å². The molecular formula is C32H27Cl3N4O3. The van der Waals surface area contributed by atoms with Crippen LogP contribution in [0.3, 0.4) is 0 Å². The normalized spacial score (nSPS) is 11.1. The highest BCUT2D eigenvalue weighted by Crippen LogP contribution is 2.35. The van der Waals surface area contributed by atoms with Gasteiger partial charge in [-0.3, -0.25) is 14.6 Å². The van der Waals surface area contributed by atoms with Gasteiger partial charge in [-0.05, 0) is 55.8 Å². The third-order valence-electron chi connectivity index (χ3n) is 7.16. The van der Waals surface area contributed by atoms with E-state index < -0.39 is 0 Å². The number of rotatable bonds is 9. The van der Waals surface area contributed by atoms with Crippen molar-refractivity contribution < 1.29 is 14.3 Å². The molecule has 10 heteroatoms. The van der Waals surface area contributed by atoms with E-state index in [1.807, 2.05) is 43.3 Å². The van der Waals surface area contributed by atoms with Gasteiger partial charge in [0.2, 0.25) is 11.7 Å². The fourth-order valence-electron chi connectivity index (χ4n) is 4.71. The van der Waals surface area contributed by atoms with Crippen molar-refractivity contribution in [2.24, 2.45) is 7.05 Å². The molecule has 0 aliphatic carbocycles. The van der Waals surface area contributed by atoms with Crippen LogP contribution < -0.4 is 9.64 Å². The highest BCUT2D eigenvalue weighted by Gasteiger charge is 2.21. The van der Waals surface area contributed by atoms with Gasteiger partial charge in [0.15, 0.2) is 0 Å². The maximum Gasteiger partial charge on any atom is 0.227 e. The van der Waals surface area contributed by atoms with Gasteiger partial charge in [0, 0.05) is 60.3 Å². The van der Waals surface area contributed by atoms with Gasteiger partial charge >= 0.3 is 0 Å². The molecule has 0 bridgehead atoms. The third-order valence-corrected chi connectivity index (χ3v) is 8.27. The van der Waals surface area contributed by atoms with Crippen LogP contribution in [0.25, 0.3) is 10.9 Å². The van der Waals surface area contributed by atoms with Crippen LogP contribution in [0, 0.1) is 6.92 Å². The van der Waals surface area contributed by atoms with Crippen LogP contribution in [0.15, 0.2) is 73.1 Å². The summed E-state index contributed by atoms with van der Waals surface area (Å²) in [6.07, 6.45) is 3.60. The minimum absolute atomic E-state index is 0.101. The van der Waals surface area contributed by atoms with Crippen molar-refractivity contribution in [3.8, 4) is 5.75 Å². The predicted molar refractivity (Wildman–Crippen MR) is 167 cm³/mol. The van der Waals surface area contributed by atoms with Crippen molar-refractivity contribution in [2.45, 2.75) is 26.4 Å². The number of aromatic nitrogens is 3. The highest BCUT2D eigenvalue weighted by molar-refractivity contribution is 6.38. The summed E-state index contributed by atoms with van der Waals surface area (Å²) in [7, 11) is 3.46. The molecule has 7 nitrogen and oxygen atoms in total. The molecule has 0 N–H and O–H groups in total. The molecule has 1 amide bonds. The number of pyridine rings is 2. The molecule has 0 spiro atoms. The summed E-state index contributed by atoms with van der Waals surface area (Å²) in [4.78, 5) is 36.3. The zero-order valence-corrected chi connectivity index (χ0v) is 25.5. The summed E-state index contributed by atoms with van der Waals surface area (Å²) in [6.45, 7) is 2.03. The number of amides is 1. The highest BCUT2D eigenvalue weighted by atomic mass is 35.5. The second kappa shape index (κ2) is 12.5. The standard InChI is InChI=1S/C32H27Cl3N4O3/c1-19-7-8-20-5-4-6-28(31(20)37-19)42-18-23-24(33)11-13-26(30(23)35)39(3)29(40)14-10-21-9-12-27(38(21)2)32(41)22-17-36-16-15-25(22)34/h4-9,11-13,15-17H,10,14,18H2,1-3H3. The van der Waals surface area contributed by atoms with E-state index in [0.717, 1.165) is 22.3 Å². The number of anilines is 1. The van der Waals surface area contributed by atoms with Gasteiger partial charge in [0.05, 0.1) is 27.0 Å². The Morgan fingerprint density at radius 3 is 2.57 bits per heavy atom. The van der Waals surface area contributed by atoms with Crippen molar-refractivity contribution in [1.82, 2.24) is 14.5 Å². The summed E-state index contributed by atoms with van der Waals surface area (Å²) < 4.78 is 7.89. The van der Waals surface area contributed by atoms with Crippen LogP contribution >= 0.6 is 34.8 Å². The topological polar surface area (TPSA) is 77.3 Å². The number of aryl methyl sites for hydroxylation is 2. The van der Waals surface area contributed by atoms with Crippen molar-refractivity contribution in [3.63, 3.8) is 0 Å². The number of halogens is 3. The number of hydrogen-bond acceptors (Lipinski definition) is 5. The van der Waals surface area contributed by atoms with Gasteiger partial charge in [0.25, 0.3) is 0 Å². The Bertz CT molecular complexity index is 1820. The Balaban J connectivity index is 1.28. The van der Waals surface area contributed by atoms with Gasteiger partial charge in [0.1, 0.15) is 17.9 Å². The number of carbonyl (C=O) groups is 2. The zero-order valence-electron chi connectivity index (χ0n) is 23.2. The van der Waals surface area contributed by atoms with E-state index in [0.29, 0.717) is 49.7 Å². The molecule has 0 saturated carbocycles. The number of carbonyl (C=O) groups excluding carboxylic acids is 2. The lowest BCUT2D eigenvalue weighted by molar-refractivity contribution is -0.118. The predicted octanol–water partition coefficient (Wildman–Crippen LogP) is 7.64. The largest absolute Gasteiger partial charge is 0.487 e. The number of hydrogen-bond donors (Lipinski definition) is 0. The number of benzene rings is 2. The van der Waals surface area contributed by atoms with Crippen molar-refractivity contribution in [1.29, 1.82) is 0 Å². The van der Waals surface area contributed by atoms with Crippen molar-refractivity contribution >= 4 is 63.1 Å². The van der Waals surface area contributed by atoms with E-state index in [4.69, 9.17) is 39.5 Å². The molecule has 3 heterocycles. The lowest BCUT2D eigenvalue weighted by Gasteiger charge is -2.21. The summed E-state index contributed by atoms with van der Waals surface area (Å²) >= 11 is 19.5. The van der Waals surface area contributed by atoms with E-state index >= 15 is 0 Å². The van der Waals surface area contributed by atoms with Crippen LogP contribution in [0.5, 0.6) is 5.75 Å². The summed E-state index contributed by atoms with van der Waals surface area (Å²) in [6, 6.07) is 18.2. The molecule has 0 fully saturated rings. The Kier molecular flexibility index (Phi) is 8.82. The number of ketones is 1. The van der Waals surface area contributed by atoms with Crippen molar-refractivity contribution in [2.75, 3.05) is 11.9 Å². The molecular weight excluding hydrogens is 595 g/mol. The van der Waals surface area contributed by atoms with Crippen LogP contribution in [-0.4, -0.2) is 33.3 Å². The second-order valence-corrected chi connectivity index (χ2v) is 11.0. The van der Waals surface area contributed by atoms with Gasteiger partial charge in [-0.2, -0.15) is 0 Å². The quantitative estimate of drug-likeness (QED) is 0.158. The van der Waals surface area contributed by atoms with Gasteiger partial charge in [-0.25, -0.2) is 4.98 Å². The minimum Gasteiger partial charge on any atom is -0.487 e. The third kappa shape index (κ3) is 6.00. The molecule has 0 unspecified atom stereocenters. The van der Waals surface area contributed by atoms with Gasteiger partial charge < -0.3 is 14.2 Å². The maximum absolute atomic E-state index is 13.2. The molecule has 0 aliphatic rings. The minimum atomic E-state index is -0.234. The number of nitrogens with zero attached hydrogens (tertiary/aromatic N) is 4. The summed E-state index contributed by atoms with van der Waals surface area (Å²) in [5, 5.41) is 2.07. The first-order valence-corrected chi connectivity index (χ1v) is 14.3. The molecule has 0 atom stereocenters. The molecule has 0 aliphatic heterocycles. The average Bonchev–Trinajstić information content (AvgIpc) is 3.35. The Hall–Kier alpha value is -3.91. The van der Waals surface area contributed by atoms with Crippen LogP contribution in [0.4, 0.5) is 5.69 Å². The van der Waals surface area contributed by atoms with E-state index in [9.17, 15) is 9.59 Å². The van der Waals surface area contributed by atoms with E-state index in [1.54, 1.807) is 42.9 Å². The lowest BCUT2D eigenvalue weighted by Crippen LogP contribution is -2.27. The average molecular weight is 622 g/mol. The van der Waals surface area contributed by atoms with Crippen molar-refractivity contribution in [3.05, 3.63) is 116 Å². The molecule has 0 saturated heterocycles. The van der Waals surface area contributed by atoms with Crippen LogP contribution in [0.2, 0.25) is 15.1 Å². The Morgan fingerprint density at radius 2 is 1.79 bits per heavy atom. The fourth-order valence-corrected chi connectivity index (χ4v) is 5.51. The summed E-state index contributed by atoms with van der Waals surface area (Å²) in [5.74, 6) is 0.232. The fraction of sp³-hybridized carbons (Fsp3) is 0.188. The Morgan fingerprint density at radius 1 is 0.976 bits per heavy atom. The van der Waals surface area contributed by atoms with E-state index in [1.165, 1.54) is 17.3 Å². The number of ether oxygens (including phenoxy) is 1. The second-order valence-electron chi connectivity index (χ2n) is 9.83. The monoisotopic (exact) mass is 620 g/mol. The molecule has 0 radical (unpaired) electrons. The molecule has 42 heavy (non-hydrogen) atoms. The van der Waals surface area contributed by atoms with E-state index in [-0.39, 0.29) is 24.7 Å². The van der Waals surface area contributed by atoms with Crippen LogP contribution in [0.1, 0.15) is 39.4 Å². The van der Waals surface area contributed by atoms with Crippen LogP contribution in [-0.2, 0) is 24.9 Å². The molecule has 214 valence electrons. The first kappa shape index (κ1) is 29.6. The maximum atomic E-state index is 13.2. The number of para-hydroxylation sites is 1. The first-order valence-electron chi connectivity index (χ1n) is 13.2. The SMILES string of the molecule is Cc1ccc2cccc(OCc3c(Cl)ccc(N(C)C(=O)CCc4ccc(C(=O)c5cnccc5Cl)n4C)c3Cl)c2n1. The lowest BCUT2D eigenvalue weighted by atomic mass is 10.1. The Labute approximate surface area is 258 Å². The molecule has 2 aromatic carbocycles. The smallest absolute Gasteiger partial charge is 0.227 e. The zero-order chi connectivity index (χ0) is 30.0. The number of fused-ring (bicyclic) bond motifs is 1. The molecule has 5 rings (SSSR count).